The van der Waals surface area contributed by atoms with Crippen LogP contribution in [0.25, 0.3) is 0 Å². The zero-order chi connectivity index (χ0) is 15.2. The summed E-state index contributed by atoms with van der Waals surface area (Å²) in [7, 11) is 1.52. The molecule has 0 radical (unpaired) electrons. The molecule has 1 aliphatic rings. The maximum atomic E-state index is 12.4. The molecular weight excluding hydrogens is 280 g/mol. The summed E-state index contributed by atoms with van der Waals surface area (Å²) in [5, 5.41) is 12.3. The van der Waals surface area contributed by atoms with E-state index in [0.29, 0.717) is 17.9 Å². The number of aliphatic hydroxyl groups is 1. The molecule has 0 unspecified atom stereocenters. The number of methoxy groups -OCH3 is 1. The van der Waals surface area contributed by atoms with Crippen LogP contribution in [0.5, 0.6) is 11.5 Å². The number of hydrogen-bond acceptors (Lipinski definition) is 4. The second-order valence-electron chi connectivity index (χ2n) is 4.90. The molecule has 1 aromatic rings. The van der Waals surface area contributed by atoms with Gasteiger partial charge in [0.05, 0.1) is 7.11 Å². The largest absolute Gasteiger partial charge is 0.497 e. The number of aliphatic hydroxyl groups excluding tert-OH is 1. The minimum atomic E-state index is -2.86. The van der Waals surface area contributed by atoms with E-state index in [4.69, 9.17) is 9.84 Å². The van der Waals surface area contributed by atoms with Gasteiger partial charge in [-0.25, -0.2) is 0 Å². The van der Waals surface area contributed by atoms with Crippen molar-refractivity contribution in [1.82, 2.24) is 5.32 Å². The molecule has 0 amide bonds. The lowest BCUT2D eigenvalue weighted by molar-refractivity contribution is -0.0505. The molecule has 0 fully saturated rings. The number of halogens is 2. The normalized spacial score (nSPS) is 21.0. The molecule has 2 N–H and O–H groups in total. The Morgan fingerprint density at radius 3 is 2.81 bits per heavy atom. The summed E-state index contributed by atoms with van der Waals surface area (Å²) in [5.41, 5.74) is 0.607. The number of nitrogens with one attached hydrogen (secondary N) is 1. The Bertz CT molecular complexity index is 494. The van der Waals surface area contributed by atoms with Gasteiger partial charge in [-0.1, -0.05) is 12.2 Å². The second kappa shape index (κ2) is 7.38. The highest BCUT2D eigenvalue weighted by molar-refractivity contribution is 5.40. The third-order valence-corrected chi connectivity index (χ3v) is 3.45. The third kappa shape index (κ3) is 4.41. The molecule has 2 atom stereocenters. The van der Waals surface area contributed by atoms with Gasteiger partial charge in [-0.3, -0.25) is 0 Å². The number of benzene rings is 1. The molecule has 0 saturated carbocycles. The lowest BCUT2D eigenvalue weighted by Crippen LogP contribution is -2.26. The maximum Gasteiger partial charge on any atom is 0.387 e. The van der Waals surface area contributed by atoms with Crippen molar-refractivity contribution in [2.75, 3.05) is 13.7 Å². The van der Waals surface area contributed by atoms with Crippen molar-refractivity contribution in [2.45, 2.75) is 25.6 Å². The Morgan fingerprint density at radius 2 is 2.19 bits per heavy atom. The fourth-order valence-corrected chi connectivity index (χ4v) is 2.33. The molecule has 0 aliphatic heterocycles. The summed E-state index contributed by atoms with van der Waals surface area (Å²) >= 11 is 0. The van der Waals surface area contributed by atoms with Crippen LogP contribution in [0.4, 0.5) is 8.78 Å². The van der Waals surface area contributed by atoms with Crippen LogP contribution >= 0.6 is 0 Å². The smallest absolute Gasteiger partial charge is 0.387 e. The van der Waals surface area contributed by atoms with E-state index < -0.39 is 6.61 Å². The Morgan fingerprint density at radius 1 is 1.38 bits per heavy atom. The number of alkyl halides is 2. The molecule has 2 rings (SSSR count). The monoisotopic (exact) mass is 299 g/mol. The predicted molar refractivity (Wildman–Crippen MR) is 74.6 cm³/mol. The summed E-state index contributed by atoms with van der Waals surface area (Å²) in [6.45, 7) is -2.36. The van der Waals surface area contributed by atoms with Crippen molar-refractivity contribution in [3.63, 3.8) is 0 Å². The maximum absolute atomic E-state index is 12.4. The number of ether oxygens (including phenoxy) is 2. The molecule has 0 bridgehead atoms. The second-order valence-corrected chi connectivity index (χ2v) is 4.90. The average Bonchev–Trinajstić information content (AvgIpc) is 2.93. The first-order valence-electron chi connectivity index (χ1n) is 6.76. The van der Waals surface area contributed by atoms with E-state index >= 15 is 0 Å². The van der Waals surface area contributed by atoms with Gasteiger partial charge in [0.1, 0.15) is 11.5 Å². The molecule has 0 aromatic heterocycles. The van der Waals surface area contributed by atoms with Gasteiger partial charge in [-0.05, 0) is 24.6 Å². The minimum Gasteiger partial charge on any atom is -0.497 e. The summed E-state index contributed by atoms with van der Waals surface area (Å²) in [6, 6.07) is 4.85. The highest BCUT2D eigenvalue weighted by atomic mass is 19.3. The molecule has 6 heteroatoms. The van der Waals surface area contributed by atoms with Gasteiger partial charge in [0.25, 0.3) is 0 Å². The molecule has 1 aromatic carbocycles. The van der Waals surface area contributed by atoms with Gasteiger partial charge in [0.15, 0.2) is 0 Å². The Labute approximate surface area is 122 Å². The van der Waals surface area contributed by atoms with Crippen LogP contribution in [0.2, 0.25) is 0 Å². The molecule has 0 spiro atoms. The molecule has 116 valence electrons. The van der Waals surface area contributed by atoms with Crippen LogP contribution in [0.1, 0.15) is 12.0 Å². The topological polar surface area (TPSA) is 50.7 Å². The van der Waals surface area contributed by atoms with Gasteiger partial charge >= 0.3 is 6.61 Å². The number of hydrogen-bond donors (Lipinski definition) is 2. The lowest BCUT2D eigenvalue weighted by Gasteiger charge is -2.16. The Balaban J connectivity index is 2.01. The molecule has 0 heterocycles. The van der Waals surface area contributed by atoms with Crippen molar-refractivity contribution in [3.05, 3.63) is 35.9 Å². The van der Waals surface area contributed by atoms with E-state index in [1.54, 1.807) is 12.1 Å². The van der Waals surface area contributed by atoms with E-state index in [1.165, 1.54) is 13.2 Å². The summed E-state index contributed by atoms with van der Waals surface area (Å²) in [6.07, 6.45) is 4.74. The predicted octanol–water partition coefficient (Wildman–Crippen LogP) is 2.32. The fourth-order valence-electron chi connectivity index (χ4n) is 2.33. The summed E-state index contributed by atoms with van der Waals surface area (Å²) in [5.74, 6) is 0.882. The molecular formula is C15H19F2NO3. The van der Waals surface area contributed by atoms with Crippen LogP contribution in [-0.2, 0) is 6.54 Å². The number of rotatable bonds is 7. The third-order valence-electron chi connectivity index (χ3n) is 3.45. The summed E-state index contributed by atoms with van der Waals surface area (Å²) in [4.78, 5) is 0. The van der Waals surface area contributed by atoms with Crippen molar-refractivity contribution >= 4 is 0 Å². The molecule has 4 nitrogen and oxygen atoms in total. The van der Waals surface area contributed by atoms with E-state index in [9.17, 15) is 8.78 Å². The van der Waals surface area contributed by atoms with E-state index in [1.807, 2.05) is 12.2 Å². The van der Waals surface area contributed by atoms with Crippen LogP contribution in [0.15, 0.2) is 30.4 Å². The van der Waals surface area contributed by atoms with E-state index in [-0.39, 0.29) is 24.3 Å². The Hall–Kier alpha value is -1.66. The first-order chi connectivity index (χ1) is 10.1. The van der Waals surface area contributed by atoms with E-state index in [2.05, 4.69) is 10.1 Å². The zero-order valence-corrected chi connectivity index (χ0v) is 11.8. The average molecular weight is 299 g/mol. The van der Waals surface area contributed by atoms with Crippen LogP contribution in [0.3, 0.4) is 0 Å². The van der Waals surface area contributed by atoms with Crippen molar-refractivity contribution in [2.24, 2.45) is 5.92 Å². The first-order valence-corrected chi connectivity index (χ1v) is 6.76. The van der Waals surface area contributed by atoms with Crippen molar-refractivity contribution in [3.8, 4) is 11.5 Å². The standard InChI is InChI=1S/C15H19F2NO3/c1-20-13-4-5-14(21-15(16)17)11(7-13)8-18-12-3-2-10(6-12)9-19/h2-5,7,10,12,15,18-19H,6,8-9H2,1H3/t10-,12+/m0/s1. The first kappa shape index (κ1) is 15.7. The van der Waals surface area contributed by atoms with E-state index in [0.717, 1.165) is 6.42 Å². The quantitative estimate of drug-likeness (QED) is 0.759. The highest BCUT2D eigenvalue weighted by Crippen LogP contribution is 2.26. The van der Waals surface area contributed by atoms with Gasteiger partial charge in [0, 0.05) is 30.7 Å². The SMILES string of the molecule is COc1ccc(OC(F)F)c(CN[C@@H]2C=C[C@H](CO)C2)c1. The Kier molecular flexibility index (Phi) is 5.52. The minimum absolute atomic E-state index is 0.118. The van der Waals surface area contributed by atoms with Crippen LogP contribution in [-0.4, -0.2) is 31.5 Å². The van der Waals surface area contributed by atoms with Crippen molar-refractivity contribution in [1.29, 1.82) is 0 Å². The summed E-state index contributed by atoms with van der Waals surface area (Å²) < 4.78 is 34.4. The van der Waals surface area contributed by atoms with Gasteiger partial charge in [-0.2, -0.15) is 8.78 Å². The molecule has 21 heavy (non-hydrogen) atoms. The van der Waals surface area contributed by atoms with Crippen LogP contribution in [0, 0.1) is 5.92 Å². The van der Waals surface area contributed by atoms with Gasteiger partial charge in [-0.15, -0.1) is 0 Å². The van der Waals surface area contributed by atoms with Gasteiger partial charge < -0.3 is 19.9 Å². The van der Waals surface area contributed by atoms with Crippen molar-refractivity contribution < 1.29 is 23.4 Å². The lowest BCUT2D eigenvalue weighted by atomic mass is 10.1. The van der Waals surface area contributed by atoms with Crippen LogP contribution < -0.4 is 14.8 Å². The fraction of sp³-hybridized carbons (Fsp3) is 0.467. The molecule has 0 saturated heterocycles. The molecule has 1 aliphatic carbocycles. The zero-order valence-electron chi connectivity index (χ0n) is 11.8. The highest BCUT2D eigenvalue weighted by Gasteiger charge is 2.18. The van der Waals surface area contributed by atoms with Gasteiger partial charge in [0.2, 0.25) is 0 Å².